The normalized spacial score (nSPS) is 27.8. The molecule has 1 amide bonds. The first-order valence-electron chi connectivity index (χ1n) is 5.80. The SMILES string of the molecule is CC(C)(C)OC(=O)N1C[C@@H](F)OC2(CNC2)C1. The van der Waals surface area contributed by atoms with E-state index in [4.69, 9.17) is 9.47 Å². The van der Waals surface area contributed by atoms with Crippen molar-refractivity contribution in [1.82, 2.24) is 10.2 Å². The van der Waals surface area contributed by atoms with Crippen molar-refractivity contribution >= 4 is 6.09 Å². The molecule has 2 aliphatic heterocycles. The lowest BCUT2D eigenvalue weighted by Gasteiger charge is -2.49. The van der Waals surface area contributed by atoms with Crippen LogP contribution in [0.3, 0.4) is 0 Å². The van der Waals surface area contributed by atoms with E-state index in [0.717, 1.165) is 0 Å². The first-order chi connectivity index (χ1) is 7.80. The van der Waals surface area contributed by atoms with Crippen LogP contribution < -0.4 is 5.32 Å². The molecule has 2 fully saturated rings. The Hall–Kier alpha value is -0.880. The molecule has 0 aromatic heterocycles. The monoisotopic (exact) mass is 246 g/mol. The maximum absolute atomic E-state index is 13.4. The summed E-state index contributed by atoms with van der Waals surface area (Å²) in [6.07, 6.45) is -1.91. The lowest BCUT2D eigenvalue weighted by molar-refractivity contribution is -0.213. The Kier molecular flexibility index (Phi) is 3.03. The fraction of sp³-hybridized carbons (Fsp3) is 0.909. The molecule has 2 heterocycles. The Morgan fingerprint density at radius 2 is 2.18 bits per heavy atom. The van der Waals surface area contributed by atoms with Gasteiger partial charge in [-0.05, 0) is 20.8 Å². The number of halogens is 1. The van der Waals surface area contributed by atoms with Crippen molar-refractivity contribution in [1.29, 1.82) is 0 Å². The van der Waals surface area contributed by atoms with Gasteiger partial charge >= 0.3 is 6.09 Å². The van der Waals surface area contributed by atoms with Gasteiger partial charge in [0, 0.05) is 13.1 Å². The quantitative estimate of drug-likeness (QED) is 0.689. The number of ether oxygens (including phenoxy) is 2. The summed E-state index contributed by atoms with van der Waals surface area (Å²) in [6.45, 7) is 6.85. The maximum Gasteiger partial charge on any atom is 0.410 e. The average molecular weight is 246 g/mol. The van der Waals surface area contributed by atoms with E-state index < -0.39 is 23.7 Å². The zero-order valence-electron chi connectivity index (χ0n) is 10.5. The number of hydrogen-bond acceptors (Lipinski definition) is 4. The van der Waals surface area contributed by atoms with Gasteiger partial charge in [0.25, 0.3) is 0 Å². The molecule has 98 valence electrons. The second-order valence-electron chi connectivity index (χ2n) is 5.68. The van der Waals surface area contributed by atoms with Crippen LogP contribution in [0.4, 0.5) is 9.18 Å². The first kappa shape index (κ1) is 12.6. The molecule has 2 saturated heterocycles. The molecule has 1 spiro atoms. The lowest BCUT2D eigenvalue weighted by atomic mass is 9.95. The molecule has 0 unspecified atom stereocenters. The van der Waals surface area contributed by atoms with Crippen LogP contribution in [-0.4, -0.2) is 54.7 Å². The van der Waals surface area contributed by atoms with Crippen LogP contribution in [0.15, 0.2) is 0 Å². The van der Waals surface area contributed by atoms with Crippen LogP contribution in [-0.2, 0) is 9.47 Å². The highest BCUT2D eigenvalue weighted by Crippen LogP contribution is 2.27. The zero-order chi connectivity index (χ0) is 12.7. The van der Waals surface area contributed by atoms with Gasteiger partial charge < -0.3 is 14.8 Å². The third-order valence-electron chi connectivity index (χ3n) is 2.77. The number of nitrogens with zero attached hydrogens (tertiary/aromatic N) is 1. The number of amides is 1. The standard InChI is InChI=1S/C11H19FN2O3/c1-10(2,3)17-9(15)14-4-8(12)16-11(7-14)5-13-6-11/h8,13H,4-7H2,1-3H3/t8-/m0/s1. The molecule has 2 aliphatic rings. The van der Waals surface area contributed by atoms with Gasteiger partial charge in [0.15, 0.2) is 0 Å². The minimum atomic E-state index is -1.43. The van der Waals surface area contributed by atoms with Crippen LogP contribution in [0, 0.1) is 0 Å². The molecular weight excluding hydrogens is 227 g/mol. The third kappa shape index (κ3) is 2.87. The molecule has 0 saturated carbocycles. The Balaban J connectivity index is 1.98. The van der Waals surface area contributed by atoms with Crippen LogP contribution in [0.2, 0.25) is 0 Å². The van der Waals surface area contributed by atoms with E-state index in [2.05, 4.69) is 5.32 Å². The number of carbonyl (C=O) groups is 1. The van der Waals surface area contributed by atoms with Crippen LogP contribution in [0.5, 0.6) is 0 Å². The Bertz CT molecular complexity index is 312. The summed E-state index contributed by atoms with van der Waals surface area (Å²) in [5, 5.41) is 3.03. The van der Waals surface area contributed by atoms with Gasteiger partial charge in [-0.3, -0.25) is 4.90 Å². The Morgan fingerprint density at radius 1 is 1.53 bits per heavy atom. The van der Waals surface area contributed by atoms with Gasteiger partial charge in [-0.15, -0.1) is 0 Å². The Morgan fingerprint density at radius 3 is 2.65 bits per heavy atom. The fourth-order valence-electron chi connectivity index (χ4n) is 2.00. The summed E-state index contributed by atoms with van der Waals surface area (Å²) >= 11 is 0. The highest BCUT2D eigenvalue weighted by atomic mass is 19.1. The van der Waals surface area contributed by atoms with Crippen molar-refractivity contribution < 1.29 is 18.7 Å². The second kappa shape index (κ2) is 4.10. The number of morpholine rings is 1. The number of hydrogen-bond donors (Lipinski definition) is 1. The van der Waals surface area contributed by atoms with Crippen molar-refractivity contribution in [2.75, 3.05) is 26.2 Å². The van der Waals surface area contributed by atoms with E-state index in [1.54, 1.807) is 20.8 Å². The van der Waals surface area contributed by atoms with Crippen molar-refractivity contribution in [2.45, 2.75) is 38.3 Å². The van der Waals surface area contributed by atoms with E-state index in [0.29, 0.717) is 19.6 Å². The second-order valence-corrected chi connectivity index (χ2v) is 5.68. The van der Waals surface area contributed by atoms with Crippen molar-refractivity contribution in [3.63, 3.8) is 0 Å². The number of carbonyl (C=O) groups excluding carboxylic acids is 1. The van der Waals surface area contributed by atoms with E-state index in [9.17, 15) is 9.18 Å². The fourth-order valence-corrected chi connectivity index (χ4v) is 2.00. The third-order valence-corrected chi connectivity index (χ3v) is 2.77. The van der Waals surface area contributed by atoms with E-state index >= 15 is 0 Å². The molecule has 0 bridgehead atoms. The van der Waals surface area contributed by atoms with E-state index in [1.165, 1.54) is 4.90 Å². The molecular formula is C11H19FN2O3. The molecule has 0 aromatic rings. The van der Waals surface area contributed by atoms with Gasteiger partial charge in [0.1, 0.15) is 11.2 Å². The van der Waals surface area contributed by atoms with Crippen LogP contribution in [0.25, 0.3) is 0 Å². The van der Waals surface area contributed by atoms with Crippen LogP contribution in [0.1, 0.15) is 20.8 Å². The minimum absolute atomic E-state index is 0.0589. The molecule has 0 aliphatic carbocycles. The van der Waals surface area contributed by atoms with Gasteiger partial charge in [-0.2, -0.15) is 0 Å². The smallest absolute Gasteiger partial charge is 0.410 e. The highest BCUT2D eigenvalue weighted by molar-refractivity contribution is 5.68. The highest BCUT2D eigenvalue weighted by Gasteiger charge is 2.47. The molecule has 0 radical (unpaired) electrons. The summed E-state index contributed by atoms with van der Waals surface area (Å²) in [7, 11) is 0. The number of nitrogens with one attached hydrogen (secondary N) is 1. The zero-order valence-corrected chi connectivity index (χ0v) is 10.5. The largest absolute Gasteiger partial charge is 0.444 e. The van der Waals surface area contributed by atoms with Crippen molar-refractivity contribution in [3.8, 4) is 0 Å². The molecule has 6 heteroatoms. The molecule has 1 atom stereocenters. The van der Waals surface area contributed by atoms with Gasteiger partial charge in [-0.25, -0.2) is 9.18 Å². The summed E-state index contributed by atoms with van der Waals surface area (Å²) in [5.41, 5.74) is -1.12. The van der Waals surface area contributed by atoms with Gasteiger partial charge in [0.2, 0.25) is 6.36 Å². The van der Waals surface area contributed by atoms with E-state index in [-0.39, 0.29) is 6.54 Å². The average Bonchev–Trinajstić information content (AvgIpc) is 2.11. The molecule has 5 nitrogen and oxygen atoms in total. The van der Waals surface area contributed by atoms with Gasteiger partial charge in [0.05, 0.1) is 13.1 Å². The predicted molar refractivity (Wildman–Crippen MR) is 59.4 cm³/mol. The lowest BCUT2D eigenvalue weighted by Crippen LogP contribution is -2.70. The summed E-state index contributed by atoms with van der Waals surface area (Å²) in [5.74, 6) is 0. The molecule has 17 heavy (non-hydrogen) atoms. The number of rotatable bonds is 0. The summed E-state index contributed by atoms with van der Waals surface area (Å²) < 4.78 is 23.9. The number of alkyl halides is 1. The topological polar surface area (TPSA) is 50.8 Å². The van der Waals surface area contributed by atoms with Crippen molar-refractivity contribution in [3.05, 3.63) is 0 Å². The molecule has 1 N–H and O–H groups in total. The minimum Gasteiger partial charge on any atom is -0.444 e. The van der Waals surface area contributed by atoms with Crippen molar-refractivity contribution in [2.24, 2.45) is 0 Å². The molecule has 2 rings (SSSR count). The first-order valence-corrected chi connectivity index (χ1v) is 5.80. The maximum atomic E-state index is 13.4. The molecule has 0 aromatic carbocycles. The van der Waals surface area contributed by atoms with E-state index in [1.807, 2.05) is 0 Å². The summed E-state index contributed by atoms with van der Waals surface area (Å²) in [4.78, 5) is 13.2. The summed E-state index contributed by atoms with van der Waals surface area (Å²) in [6, 6.07) is 0. The predicted octanol–water partition coefficient (Wildman–Crippen LogP) is 0.891. The van der Waals surface area contributed by atoms with Crippen LogP contribution >= 0.6 is 0 Å². The van der Waals surface area contributed by atoms with Gasteiger partial charge in [-0.1, -0.05) is 0 Å². The Labute approximate surface area is 100 Å².